The van der Waals surface area contributed by atoms with Gasteiger partial charge in [-0.2, -0.15) is 0 Å². The molecule has 0 aliphatic rings. The Morgan fingerprint density at radius 3 is 2.43 bits per heavy atom. The Bertz CT molecular complexity index is 722. The van der Waals surface area contributed by atoms with E-state index in [2.05, 4.69) is 0 Å². The maximum Gasteiger partial charge on any atom is 0.329 e. The molecule has 1 heterocycles. The molecule has 0 aliphatic carbocycles. The molecule has 0 bridgehead atoms. The summed E-state index contributed by atoms with van der Waals surface area (Å²) < 4.78 is 2.98. The minimum absolute atomic E-state index is 0.0350. The van der Waals surface area contributed by atoms with Crippen LogP contribution in [0.5, 0.6) is 0 Å². The monoisotopic (exact) mass is 291 g/mol. The Hall–Kier alpha value is -2.08. The number of benzene rings is 1. The van der Waals surface area contributed by atoms with Gasteiger partial charge in [-0.25, -0.2) is 4.79 Å². The SMILES string of the molecule is CN(CC(C)(C)O)C(=O)Cn1c(=O)n(C)c2ccccc21. The van der Waals surface area contributed by atoms with Crippen molar-refractivity contribution >= 4 is 16.9 Å². The van der Waals surface area contributed by atoms with Crippen LogP contribution in [0.15, 0.2) is 29.1 Å². The van der Waals surface area contributed by atoms with E-state index in [1.54, 1.807) is 27.9 Å². The topological polar surface area (TPSA) is 67.5 Å². The number of likely N-dealkylation sites (N-methyl/N-ethyl adjacent to an activating group) is 1. The molecule has 1 N–H and O–H groups in total. The van der Waals surface area contributed by atoms with Crippen molar-refractivity contribution in [3.8, 4) is 0 Å². The lowest BCUT2D eigenvalue weighted by atomic mass is 10.1. The molecular weight excluding hydrogens is 270 g/mol. The number of rotatable bonds is 4. The molecule has 1 aromatic heterocycles. The first kappa shape index (κ1) is 15.3. The number of imidazole rings is 1. The summed E-state index contributed by atoms with van der Waals surface area (Å²) in [5.41, 5.74) is 0.338. The third-order valence-electron chi connectivity index (χ3n) is 3.39. The number of amides is 1. The molecule has 6 nitrogen and oxygen atoms in total. The minimum Gasteiger partial charge on any atom is -0.389 e. The summed E-state index contributed by atoms with van der Waals surface area (Å²) in [6, 6.07) is 7.36. The second kappa shape index (κ2) is 5.37. The van der Waals surface area contributed by atoms with Gasteiger partial charge in [-0.3, -0.25) is 13.9 Å². The highest BCUT2D eigenvalue weighted by Crippen LogP contribution is 2.12. The van der Waals surface area contributed by atoms with Crippen molar-refractivity contribution in [2.45, 2.75) is 26.0 Å². The maximum atomic E-state index is 12.2. The lowest BCUT2D eigenvalue weighted by Crippen LogP contribution is -2.42. The molecule has 0 saturated heterocycles. The largest absolute Gasteiger partial charge is 0.389 e. The van der Waals surface area contributed by atoms with E-state index >= 15 is 0 Å². The first-order valence-electron chi connectivity index (χ1n) is 6.81. The molecular formula is C15H21N3O3. The molecule has 0 unspecified atom stereocenters. The molecule has 0 fully saturated rings. The van der Waals surface area contributed by atoms with E-state index in [9.17, 15) is 14.7 Å². The van der Waals surface area contributed by atoms with Crippen LogP contribution >= 0.6 is 0 Å². The zero-order valence-electron chi connectivity index (χ0n) is 12.8. The standard InChI is InChI=1S/C15H21N3O3/c1-15(2,21)10-16(3)13(19)9-18-12-8-6-5-7-11(12)17(4)14(18)20/h5-8,21H,9-10H2,1-4H3. The quantitative estimate of drug-likeness (QED) is 0.895. The molecule has 0 aliphatic heterocycles. The highest BCUT2D eigenvalue weighted by Gasteiger charge is 2.21. The number of nitrogens with zero attached hydrogens (tertiary/aromatic N) is 3. The van der Waals surface area contributed by atoms with E-state index in [4.69, 9.17) is 0 Å². The summed E-state index contributed by atoms with van der Waals surface area (Å²) in [4.78, 5) is 25.9. The Kier molecular flexibility index (Phi) is 3.91. The Morgan fingerprint density at radius 1 is 1.29 bits per heavy atom. The molecule has 1 aromatic carbocycles. The lowest BCUT2D eigenvalue weighted by molar-refractivity contribution is -0.133. The van der Waals surface area contributed by atoms with Gasteiger partial charge in [0.15, 0.2) is 0 Å². The zero-order valence-corrected chi connectivity index (χ0v) is 12.8. The van der Waals surface area contributed by atoms with Crippen molar-refractivity contribution < 1.29 is 9.90 Å². The fourth-order valence-corrected chi connectivity index (χ4v) is 2.44. The number of fused-ring (bicyclic) bond motifs is 1. The molecule has 0 atom stereocenters. The zero-order chi connectivity index (χ0) is 15.8. The van der Waals surface area contributed by atoms with Crippen LogP contribution in [0, 0.1) is 0 Å². The molecule has 0 saturated carbocycles. The van der Waals surface area contributed by atoms with Gasteiger partial charge in [0.1, 0.15) is 6.54 Å². The number of aliphatic hydroxyl groups is 1. The Balaban J connectivity index is 2.30. The van der Waals surface area contributed by atoms with E-state index in [0.717, 1.165) is 11.0 Å². The van der Waals surface area contributed by atoms with Crippen LogP contribution in [-0.4, -0.2) is 44.2 Å². The highest BCUT2D eigenvalue weighted by molar-refractivity contribution is 5.80. The van der Waals surface area contributed by atoms with Crippen LogP contribution in [-0.2, 0) is 18.4 Å². The lowest BCUT2D eigenvalue weighted by Gasteiger charge is -2.25. The van der Waals surface area contributed by atoms with Crippen LogP contribution in [0.25, 0.3) is 11.0 Å². The van der Waals surface area contributed by atoms with Crippen molar-refractivity contribution in [1.29, 1.82) is 0 Å². The Morgan fingerprint density at radius 2 is 1.86 bits per heavy atom. The van der Waals surface area contributed by atoms with Crippen LogP contribution in [0.2, 0.25) is 0 Å². The van der Waals surface area contributed by atoms with E-state index in [1.165, 1.54) is 14.0 Å². The number of para-hydroxylation sites is 2. The van der Waals surface area contributed by atoms with Crippen molar-refractivity contribution in [1.82, 2.24) is 14.0 Å². The summed E-state index contributed by atoms with van der Waals surface area (Å²) in [6.45, 7) is 3.46. The van der Waals surface area contributed by atoms with Gasteiger partial charge < -0.3 is 10.0 Å². The number of carbonyl (C=O) groups is 1. The molecule has 2 aromatic rings. The van der Waals surface area contributed by atoms with Crippen LogP contribution in [0.1, 0.15) is 13.8 Å². The summed E-state index contributed by atoms with van der Waals surface area (Å²) in [7, 11) is 3.31. The number of aromatic nitrogens is 2. The summed E-state index contributed by atoms with van der Waals surface area (Å²) in [5, 5.41) is 9.77. The highest BCUT2D eigenvalue weighted by atomic mass is 16.3. The van der Waals surface area contributed by atoms with Gasteiger partial charge in [0.2, 0.25) is 5.91 Å². The predicted octanol–water partition coefficient (Wildman–Crippen LogP) is 0.569. The number of hydrogen-bond acceptors (Lipinski definition) is 3. The van der Waals surface area contributed by atoms with Gasteiger partial charge in [0.05, 0.1) is 16.6 Å². The van der Waals surface area contributed by atoms with E-state index in [0.29, 0.717) is 0 Å². The van der Waals surface area contributed by atoms with Gasteiger partial charge in [-0.1, -0.05) is 12.1 Å². The van der Waals surface area contributed by atoms with Crippen LogP contribution in [0.4, 0.5) is 0 Å². The van der Waals surface area contributed by atoms with E-state index < -0.39 is 5.60 Å². The van der Waals surface area contributed by atoms with Crippen molar-refractivity contribution in [3.05, 3.63) is 34.7 Å². The normalized spacial score (nSPS) is 11.9. The minimum atomic E-state index is -0.964. The predicted molar refractivity (Wildman–Crippen MR) is 81.1 cm³/mol. The van der Waals surface area contributed by atoms with Gasteiger partial charge in [-0.15, -0.1) is 0 Å². The number of hydrogen-bond donors (Lipinski definition) is 1. The van der Waals surface area contributed by atoms with Crippen LogP contribution in [0.3, 0.4) is 0 Å². The number of aryl methyl sites for hydroxylation is 1. The average molecular weight is 291 g/mol. The molecule has 6 heteroatoms. The van der Waals surface area contributed by atoms with Crippen molar-refractivity contribution in [3.63, 3.8) is 0 Å². The molecule has 0 radical (unpaired) electrons. The number of carbonyl (C=O) groups excluding carboxylic acids is 1. The fraction of sp³-hybridized carbons (Fsp3) is 0.467. The summed E-state index contributed by atoms with van der Waals surface area (Å²) in [5.74, 6) is -0.212. The molecule has 114 valence electrons. The van der Waals surface area contributed by atoms with Gasteiger partial charge in [0.25, 0.3) is 0 Å². The summed E-state index contributed by atoms with van der Waals surface area (Å²) >= 11 is 0. The maximum absolute atomic E-state index is 12.2. The third kappa shape index (κ3) is 3.16. The second-order valence-electron chi connectivity index (χ2n) is 5.98. The summed E-state index contributed by atoms with van der Waals surface area (Å²) in [6.07, 6.45) is 0. The Labute approximate surface area is 123 Å². The van der Waals surface area contributed by atoms with Crippen LogP contribution < -0.4 is 5.69 Å². The molecule has 1 amide bonds. The molecule has 2 rings (SSSR count). The second-order valence-corrected chi connectivity index (χ2v) is 5.98. The van der Waals surface area contributed by atoms with E-state index in [1.807, 2.05) is 24.3 Å². The van der Waals surface area contributed by atoms with Crippen molar-refractivity contribution in [2.24, 2.45) is 7.05 Å². The van der Waals surface area contributed by atoms with Gasteiger partial charge in [-0.05, 0) is 26.0 Å². The van der Waals surface area contributed by atoms with Crippen molar-refractivity contribution in [2.75, 3.05) is 13.6 Å². The average Bonchev–Trinajstić information content (AvgIpc) is 2.62. The first-order chi connectivity index (χ1) is 9.70. The smallest absolute Gasteiger partial charge is 0.329 e. The molecule has 0 spiro atoms. The van der Waals surface area contributed by atoms with E-state index in [-0.39, 0.29) is 24.7 Å². The van der Waals surface area contributed by atoms with Gasteiger partial charge in [0, 0.05) is 20.6 Å². The molecule has 21 heavy (non-hydrogen) atoms. The van der Waals surface area contributed by atoms with Gasteiger partial charge >= 0.3 is 5.69 Å². The fourth-order valence-electron chi connectivity index (χ4n) is 2.44. The third-order valence-corrected chi connectivity index (χ3v) is 3.39. The first-order valence-corrected chi connectivity index (χ1v) is 6.81.